The number of benzene rings is 1. The summed E-state index contributed by atoms with van der Waals surface area (Å²) in [7, 11) is 0. The molecule has 76 valence electrons. The average molecular weight is 224 g/mol. The van der Waals surface area contributed by atoms with Crippen LogP contribution in [0.1, 0.15) is 0 Å². The molecule has 2 nitrogen and oxygen atoms in total. The van der Waals surface area contributed by atoms with Crippen molar-refractivity contribution in [3.63, 3.8) is 0 Å². The molecule has 0 fully saturated rings. The van der Waals surface area contributed by atoms with Gasteiger partial charge in [-0.1, -0.05) is 18.2 Å². The number of aromatic amines is 1. The van der Waals surface area contributed by atoms with Gasteiger partial charge in [0.15, 0.2) is 0 Å². The minimum atomic E-state index is 1.17. The maximum atomic E-state index is 4.21. The van der Waals surface area contributed by atoms with E-state index in [4.69, 9.17) is 0 Å². The lowest BCUT2D eigenvalue weighted by Gasteiger charge is -1.90. The molecule has 0 radical (unpaired) electrons. The molecule has 1 aromatic carbocycles. The minimum absolute atomic E-state index is 1.17. The van der Waals surface area contributed by atoms with Gasteiger partial charge in [-0.15, -0.1) is 11.3 Å². The fourth-order valence-corrected chi connectivity index (χ4v) is 3.36. The van der Waals surface area contributed by atoms with Crippen LogP contribution >= 0.6 is 11.3 Å². The summed E-state index contributed by atoms with van der Waals surface area (Å²) in [6, 6.07) is 10.5. The van der Waals surface area contributed by atoms with Gasteiger partial charge in [-0.25, -0.2) is 0 Å². The number of rotatable bonds is 0. The van der Waals surface area contributed by atoms with Gasteiger partial charge in [0.25, 0.3) is 0 Å². The van der Waals surface area contributed by atoms with Crippen LogP contribution in [0.15, 0.2) is 42.7 Å². The zero-order chi connectivity index (χ0) is 10.5. The van der Waals surface area contributed by atoms with E-state index in [-0.39, 0.29) is 0 Å². The number of nitrogens with zero attached hydrogens (tertiary/aromatic N) is 1. The lowest BCUT2D eigenvalue weighted by molar-refractivity contribution is 1.36. The molecule has 3 heteroatoms. The van der Waals surface area contributed by atoms with Crippen LogP contribution < -0.4 is 0 Å². The Morgan fingerprint density at radius 1 is 1.06 bits per heavy atom. The lowest BCUT2D eigenvalue weighted by Crippen LogP contribution is -1.70. The third-order valence-electron chi connectivity index (χ3n) is 2.93. The van der Waals surface area contributed by atoms with E-state index in [1.54, 1.807) is 11.3 Å². The Balaban J connectivity index is 2.38. The molecule has 4 aromatic rings. The van der Waals surface area contributed by atoms with Crippen molar-refractivity contribution in [2.45, 2.75) is 0 Å². The second kappa shape index (κ2) is 2.83. The van der Waals surface area contributed by atoms with Gasteiger partial charge < -0.3 is 4.98 Å². The predicted octanol–water partition coefficient (Wildman–Crippen LogP) is 3.93. The van der Waals surface area contributed by atoms with Crippen molar-refractivity contribution in [1.82, 2.24) is 9.97 Å². The summed E-state index contributed by atoms with van der Waals surface area (Å²) in [4.78, 5) is 8.89. The summed E-state index contributed by atoms with van der Waals surface area (Å²) >= 11 is 1.80. The maximum Gasteiger partial charge on any atom is 0.102 e. The van der Waals surface area contributed by atoms with Crippen LogP contribution in [0.2, 0.25) is 0 Å². The molecule has 0 bridgehead atoms. The lowest BCUT2D eigenvalue weighted by atomic mass is 10.1. The van der Waals surface area contributed by atoms with Crippen molar-refractivity contribution >= 4 is 42.5 Å². The second-order valence-electron chi connectivity index (χ2n) is 3.85. The highest BCUT2D eigenvalue weighted by Crippen LogP contribution is 2.37. The largest absolute Gasteiger partial charge is 0.346 e. The number of H-pyrrole nitrogens is 1. The monoisotopic (exact) mass is 224 g/mol. The molecule has 0 saturated carbocycles. The van der Waals surface area contributed by atoms with Crippen LogP contribution in [0.3, 0.4) is 0 Å². The molecule has 1 N–H and O–H groups in total. The van der Waals surface area contributed by atoms with Crippen LogP contribution in [-0.4, -0.2) is 9.97 Å². The first-order chi connectivity index (χ1) is 7.93. The Labute approximate surface area is 95.5 Å². The molecule has 0 saturated heterocycles. The molecule has 0 aliphatic rings. The van der Waals surface area contributed by atoms with Crippen molar-refractivity contribution < 1.29 is 0 Å². The Morgan fingerprint density at radius 2 is 2.00 bits per heavy atom. The Morgan fingerprint density at radius 3 is 3.00 bits per heavy atom. The van der Waals surface area contributed by atoms with Crippen LogP contribution in [-0.2, 0) is 0 Å². The zero-order valence-corrected chi connectivity index (χ0v) is 9.21. The molecule has 0 amide bonds. The SMILES string of the molecule is c1ccc2c(c1)sc1[nH]c3ccncc3c12. The first-order valence-electron chi connectivity index (χ1n) is 5.16. The number of hydrogen-bond acceptors (Lipinski definition) is 2. The molecule has 0 aliphatic heterocycles. The fourth-order valence-electron chi connectivity index (χ4n) is 2.23. The van der Waals surface area contributed by atoms with Crippen LogP contribution in [0.25, 0.3) is 31.2 Å². The van der Waals surface area contributed by atoms with Crippen LogP contribution in [0, 0.1) is 0 Å². The fraction of sp³-hybridized carbons (Fsp3) is 0. The minimum Gasteiger partial charge on any atom is -0.346 e. The number of aromatic nitrogens is 2. The van der Waals surface area contributed by atoms with E-state index >= 15 is 0 Å². The maximum absolute atomic E-state index is 4.21. The molecular formula is C13H8N2S. The van der Waals surface area contributed by atoms with Crippen LogP contribution in [0.5, 0.6) is 0 Å². The molecule has 16 heavy (non-hydrogen) atoms. The van der Waals surface area contributed by atoms with E-state index in [9.17, 15) is 0 Å². The molecule has 3 aromatic heterocycles. The Hall–Kier alpha value is -1.87. The van der Waals surface area contributed by atoms with Crippen LogP contribution in [0.4, 0.5) is 0 Å². The first kappa shape index (κ1) is 8.30. The standard InChI is InChI=1S/C13H8N2S/c1-2-4-11-8(3-1)12-9-7-14-6-5-10(9)15-13(12)16-11/h1-7,15H. The highest BCUT2D eigenvalue weighted by Gasteiger charge is 2.10. The number of fused-ring (bicyclic) bond motifs is 5. The smallest absolute Gasteiger partial charge is 0.102 e. The molecular weight excluding hydrogens is 216 g/mol. The highest BCUT2D eigenvalue weighted by atomic mass is 32.1. The van der Waals surface area contributed by atoms with Crippen molar-refractivity contribution in [1.29, 1.82) is 0 Å². The predicted molar refractivity (Wildman–Crippen MR) is 69.0 cm³/mol. The van der Waals surface area contributed by atoms with E-state index in [1.165, 1.54) is 31.2 Å². The molecule has 0 unspecified atom stereocenters. The summed E-state index contributed by atoms with van der Waals surface area (Å²) in [5, 5.41) is 3.85. The van der Waals surface area contributed by atoms with Crippen molar-refractivity contribution in [3.8, 4) is 0 Å². The van der Waals surface area contributed by atoms with Gasteiger partial charge in [0.1, 0.15) is 4.83 Å². The van der Waals surface area contributed by atoms with Gasteiger partial charge in [-0.05, 0) is 12.1 Å². The average Bonchev–Trinajstić information content (AvgIpc) is 2.83. The van der Waals surface area contributed by atoms with Gasteiger partial charge in [0.05, 0.1) is 5.52 Å². The first-order valence-corrected chi connectivity index (χ1v) is 5.98. The van der Waals surface area contributed by atoms with E-state index in [1.807, 2.05) is 18.5 Å². The summed E-state index contributed by atoms with van der Waals surface area (Å²) in [6.07, 6.45) is 3.76. The summed E-state index contributed by atoms with van der Waals surface area (Å²) in [5.41, 5.74) is 1.17. The number of pyridine rings is 1. The van der Waals surface area contributed by atoms with Crippen molar-refractivity contribution in [2.75, 3.05) is 0 Å². The molecule has 4 rings (SSSR count). The van der Waals surface area contributed by atoms with Gasteiger partial charge in [0, 0.05) is 33.3 Å². The number of thiophene rings is 1. The van der Waals surface area contributed by atoms with E-state index in [0.717, 1.165) is 0 Å². The summed E-state index contributed by atoms with van der Waals surface area (Å²) in [6.45, 7) is 0. The second-order valence-corrected chi connectivity index (χ2v) is 4.90. The van der Waals surface area contributed by atoms with Gasteiger partial charge >= 0.3 is 0 Å². The topological polar surface area (TPSA) is 28.7 Å². The quantitative estimate of drug-likeness (QED) is 0.481. The number of nitrogens with one attached hydrogen (secondary N) is 1. The Kier molecular flexibility index (Phi) is 1.47. The highest BCUT2D eigenvalue weighted by molar-refractivity contribution is 7.25. The normalized spacial score (nSPS) is 11.8. The third kappa shape index (κ3) is 0.933. The number of hydrogen-bond donors (Lipinski definition) is 1. The van der Waals surface area contributed by atoms with Gasteiger partial charge in [0.2, 0.25) is 0 Å². The van der Waals surface area contributed by atoms with Crippen molar-refractivity contribution in [3.05, 3.63) is 42.7 Å². The molecule has 0 aliphatic carbocycles. The van der Waals surface area contributed by atoms with E-state index in [0.29, 0.717) is 0 Å². The summed E-state index contributed by atoms with van der Waals surface area (Å²) in [5.74, 6) is 0. The molecule has 0 atom stereocenters. The van der Waals surface area contributed by atoms with E-state index < -0.39 is 0 Å². The Bertz CT molecular complexity index is 745. The third-order valence-corrected chi connectivity index (χ3v) is 4.02. The van der Waals surface area contributed by atoms with E-state index in [2.05, 4.69) is 34.2 Å². The zero-order valence-electron chi connectivity index (χ0n) is 8.40. The van der Waals surface area contributed by atoms with Gasteiger partial charge in [-0.2, -0.15) is 0 Å². The van der Waals surface area contributed by atoms with Gasteiger partial charge in [-0.3, -0.25) is 4.98 Å². The molecule has 3 heterocycles. The summed E-state index contributed by atoms with van der Waals surface area (Å²) < 4.78 is 1.33. The van der Waals surface area contributed by atoms with Crippen molar-refractivity contribution in [2.24, 2.45) is 0 Å². The molecule has 0 spiro atoms.